The Kier molecular flexibility index (Phi) is 5.41. The van der Waals surface area contributed by atoms with Gasteiger partial charge in [0.1, 0.15) is 11.9 Å². The van der Waals surface area contributed by atoms with Crippen molar-refractivity contribution in [3.8, 4) is 0 Å². The molecule has 0 aliphatic rings. The van der Waals surface area contributed by atoms with Crippen molar-refractivity contribution in [1.82, 2.24) is 9.97 Å². The lowest BCUT2D eigenvalue weighted by atomic mass is 9.89. The fourth-order valence-corrected chi connectivity index (χ4v) is 2.81. The second kappa shape index (κ2) is 8.09. The molecule has 1 amide bonds. The van der Waals surface area contributed by atoms with Gasteiger partial charge in [0, 0.05) is 0 Å². The predicted octanol–water partition coefficient (Wildman–Crippen LogP) is 2.66. The van der Waals surface area contributed by atoms with Gasteiger partial charge in [-0.15, -0.1) is 0 Å². The molecule has 3 aromatic rings. The number of aryl methyl sites for hydroxylation is 1. The van der Waals surface area contributed by atoms with E-state index in [0.717, 1.165) is 22.9 Å². The molecule has 1 heterocycles. The van der Waals surface area contributed by atoms with Gasteiger partial charge in [-0.3, -0.25) is 9.59 Å². The highest BCUT2D eigenvalue weighted by atomic mass is 16.4. The first-order valence-corrected chi connectivity index (χ1v) is 8.27. The van der Waals surface area contributed by atoms with Gasteiger partial charge in [-0.05, 0) is 18.1 Å². The number of benzene rings is 2. The number of hydrogen-bond acceptors (Lipinski definition) is 5. The molecule has 1 unspecified atom stereocenters. The predicted molar refractivity (Wildman–Crippen MR) is 102 cm³/mol. The van der Waals surface area contributed by atoms with Crippen molar-refractivity contribution in [3.63, 3.8) is 0 Å². The van der Waals surface area contributed by atoms with Gasteiger partial charge in [0.15, 0.2) is 5.82 Å². The third kappa shape index (κ3) is 4.27. The van der Waals surface area contributed by atoms with Crippen molar-refractivity contribution in [2.75, 3.05) is 5.32 Å². The van der Waals surface area contributed by atoms with Gasteiger partial charge in [-0.1, -0.05) is 65.3 Å². The molecule has 2 aromatic carbocycles. The van der Waals surface area contributed by atoms with E-state index in [4.69, 9.17) is 5.21 Å². The zero-order valence-corrected chi connectivity index (χ0v) is 14.6. The molecular weight excluding hydrogens is 344 g/mol. The molecule has 7 heteroatoms. The van der Waals surface area contributed by atoms with Gasteiger partial charge in [0.2, 0.25) is 5.91 Å². The Balaban J connectivity index is 1.96. The molecule has 3 rings (SSSR count). The van der Waals surface area contributed by atoms with E-state index >= 15 is 0 Å². The average Bonchev–Trinajstić information content (AvgIpc) is 2.65. The quantitative estimate of drug-likeness (QED) is 0.368. The van der Waals surface area contributed by atoms with E-state index in [1.165, 1.54) is 6.20 Å². The number of hydrogen-bond donors (Lipinski definition) is 3. The molecule has 27 heavy (non-hydrogen) atoms. The van der Waals surface area contributed by atoms with Crippen LogP contribution in [0.1, 0.15) is 28.4 Å². The zero-order valence-electron chi connectivity index (χ0n) is 14.6. The Morgan fingerprint density at radius 3 is 2.59 bits per heavy atom. The summed E-state index contributed by atoms with van der Waals surface area (Å²) in [6, 6.07) is 17.0. The second-order valence-corrected chi connectivity index (χ2v) is 6.00. The van der Waals surface area contributed by atoms with E-state index in [0.29, 0.717) is 0 Å². The Morgan fingerprint density at radius 2 is 1.93 bits per heavy atom. The molecule has 0 aliphatic heterocycles. The highest BCUT2D eigenvalue weighted by molar-refractivity contribution is 5.98. The summed E-state index contributed by atoms with van der Waals surface area (Å²) in [5, 5.41) is 14.0. The number of rotatable bonds is 5. The Bertz CT molecular complexity index is 1030. The van der Waals surface area contributed by atoms with E-state index in [1.54, 1.807) is 0 Å². The molecule has 1 aromatic heterocycles. The topological polar surface area (TPSA) is 107 Å². The molecule has 0 spiro atoms. The van der Waals surface area contributed by atoms with Crippen molar-refractivity contribution in [3.05, 3.63) is 93.7 Å². The number of oxime groups is 1. The fourth-order valence-electron chi connectivity index (χ4n) is 2.81. The van der Waals surface area contributed by atoms with E-state index < -0.39 is 11.5 Å². The van der Waals surface area contributed by atoms with Gasteiger partial charge in [0.25, 0.3) is 5.56 Å². The van der Waals surface area contributed by atoms with Crippen LogP contribution in [0, 0.1) is 6.92 Å². The summed E-state index contributed by atoms with van der Waals surface area (Å²) in [6.45, 7) is 1.96. The minimum absolute atomic E-state index is 0.0173. The lowest BCUT2D eigenvalue weighted by Crippen LogP contribution is -2.26. The fraction of sp³-hybridized carbons (Fsp3) is 0.100. The number of H-pyrrole nitrogens is 1. The summed E-state index contributed by atoms with van der Waals surface area (Å²) < 4.78 is 0. The Hall–Kier alpha value is -3.74. The van der Waals surface area contributed by atoms with Crippen LogP contribution < -0.4 is 10.9 Å². The van der Waals surface area contributed by atoms with Crippen LogP contribution in [0.2, 0.25) is 0 Å². The van der Waals surface area contributed by atoms with Crippen molar-refractivity contribution >= 4 is 17.8 Å². The molecule has 0 saturated heterocycles. The molecule has 0 saturated carbocycles. The Morgan fingerprint density at radius 1 is 1.19 bits per heavy atom. The lowest BCUT2D eigenvalue weighted by Gasteiger charge is -2.18. The van der Waals surface area contributed by atoms with Gasteiger partial charge in [-0.25, -0.2) is 4.98 Å². The number of anilines is 1. The second-order valence-electron chi connectivity index (χ2n) is 6.00. The van der Waals surface area contributed by atoms with Crippen molar-refractivity contribution in [2.45, 2.75) is 12.8 Å². The minimum Gasteiger partial charge on any atom is -0.411 e. The first-order valence-electron chi connectivity index (χ1n) is 8.27. The lowest BCUT2D eigenvalue weighted by molar-refractivity contribution is -0.116. The van der Waals surface area contributed by atoms with Crippen LogP contribution in [0.25, 0.3) is 0 Å². The molecule has 3 N–H and O–H groups in total. The van der Waals surface area contributed by atoms with Crippen LogP contribution in [0.5, 0.6) is 0 Å². The monoisotopic (exact) mass is 362 g/mol. The summed E-state index contributed by atoms with van der Waals surface area (Å²) in [6.07, 6.45) is 2.22. The molecular formula is C20H18N4O3. The molecule has 0 aliphatic carbocycles. The first kappa shape index (κ1) is 18.1. The van der Waals surface area contributed by atoms with Crippen LogP contribution in [-0.4, -0.2) is 27.3 Å². The number of carbonyl (C=O) groups is 1. The highest BCUT2D eigenvalue weighted by Gasteiger charge is 2.23. The molecule has 0 radical (unpaired) electrons. The van der Waals surface area contributed by atoms with Gasteiger partial charge in [-0.2, -0.15) is 0 Å². The largest absolute Gasteiger partial charge is 0.411 e. The first-order chi connectivity index (χ1) is 13.1. The number of amides is 1. The van der Waals surface area contributed by atoms with Crippen LogP contribution in [0.15, 0.2) is 70.7 Å². The molecule has 0 fully saturated rings. The number of aromatic amines is 1. The molecule has 1 atom stereocenters. The van der Waals surface area contributed by atoms with Gasteiger partial charge >= 0.3 is 0 Å². The van der Waals surface area contributed by atoms with E-state index in [2.05, 4.69) is 20.4 Å². The summed E-state index contributed by atoms with van der Waals surface area (Å²) in [4.78, 5) is 31.5. The van der Waals surface area contributed by atoms with Crippen LogP contribution in [-0.2, 0) is 4.79 Å². The number of nitrogens with zero attached hydrogens (tertiary/aromatic N) is 2. The summed E-state index contributed by atoms with van der Waals surface area (Å²) in [5.41, 5.74) is 2.16. The highest BCUT2D eigenvalue weighted by Crippen LogP contribution is 2.26. The summed E-state index contributed by atoms with van der Waals surface area (Å²) in [5.74, 6) is -0.842. The van der Waals surface area contributed by atoms with Gasteiger partial charge in [0.05, 0.1) is 12.1 Å². The normalized spacial score (nSPS) is 12.0. The van der Waals surface area contributed by atoms with Crippen molar-refractivity contribution in [2.24, 2.45) is 5.16 Å². The smallest absolute Gasteiger partial charge is 0.274 e. The maximum absolute atomic E-state index is 13.0. The number of carbonyl (C=O) groups excluding carboxylic acids is 1. The minimum atomic E-state index is -0.579. The Labute approximate surface area is 155 Å². The van der Waals surface area contributed by atoms with E-state index in [-0.39, 0.29) is 17.4 Å². The summed E-state index contributed by atoms with van der Waals surface area (Å²) >= 11 is 0. The summed E-state index contributed by atoms with van der Waals surface area (Å²) in [7, 11) is 0. The van der Waals surface area contributed by atoms with E-state index in [1.807, 2.05) is 61.5 Å². The van der Waals surface area contributed by atoms with Gasteiger partial charge < -0.3 is 15.5 Å². The van der Waals surface area contributed by atoms with Crippen LogP contribution in [0.3, 0.4) is 0 Å². The van der Waals surface area contributed by atoms with Crippen LogP contribution in [0.4, 0.5) is 5.69 Å². The molecule has 0 bridgehead atoms. The standard InChI is InChI=1S/C20H18N4O3/c1-13-6-5-9-15(10-13)18(14-7-3-2-4-8-14)20(26)23-16-11-21-17(12-22-27)24-19(16)25/h2-12,18,27H,1H3,(H,23,26)(H,21,24,25)/b22-12+. The average molecular weight is 362 g/mol. The maximum atomic E-state index is 13.0. The number of nitrogens with one attached hydrogen (secondary N) is 2. The third-order valence-corrected chi connectivity index (χ3v) is 4.03. The third-order valence-electron chi connectivity index (χ3n) is 4.03. The van der Waals surface area contributed by atoms with Crippen molar-refractivity contribution < 1.29 is 10.0 Å². The number of aromatic nitrogens is 2. The maximum Gasteiger partial charge on any atom is 0.274 e. The molecule has 136 valence electrons. The SMILES string of the molecule is Cc1cccc(C(C(=O)Nc2cnc(/C=N/O)[nH]c2=O)c2ccccc2)c1. The van der Waals surface area contributed by atoms with E-state index in [9.17, 15) is 9.59 Å². The van der Waals surface area contributed by atoms with Crippen molar-refractivity contribution in [1.29, 1.82) is 0 Å². The zero-order chi connectivity index (χ0) is 19.2. The molecule has 7 nitrogen and oxygen atoms in total. The van der Waals surface area contributed by atoms with Crippen LogP contribution >= 0.6 is 0 Å².